The molecule has 1 saturated carbocycles. The van der Waals surface area contributed by atoms with Gasteiger partial charge in [0.15, 0.2) is 0 Å². The maximum absolute atomic E-state index is 12.9. The van der Waals surface area contributed by atoms with Crippen LogP contribution in [0.3, 0.4) is 0 Å². The van der Waals surface area contributed by atoms with Crippen molar-refractivity contribution in [1.82, 2.24) is 4.90 Å². The van der Waals surface area contributed by atoms with Gasteiger partial charge in [0.05, 0.1) is 6.54 Å². The fourth-order valence-electron chi connectivity index (χ4n) is 2.34. The second-order valence-electron chi connectivity index (χ2n) is 4.47. The monoisotopic (exact) mass is 221 g/mol. The third-order valence-corrected chi connectivity index (χ3v) is 3.20. The first-order valence-corrected chi connectivity index (χ1v) is 5.29. The maximum atomic E-state index is 12.9. The van der Waals surface area contributed by atoms with E-state index in [0.717, 1.165) is 0 Å². The number of likely N-dealkylation sites (tertiary alicyclic amines) is 1. The Bertz CT molecular complexity index is 269. The molecule has 1 unspecified atom stereocenters. The molecule has 2 aliphatic rings. The van der Waals surface area contributed by atoms with E-state index < -0.39 is 18.0 Å². The summed E-state index contributed by atoms with van der Waals surface area (Å²) in [6, 6.07) is 0. The molecule has 1 aliphatic carbocycles. The van der Waals surface area contributed by atoms with Crippen LogP contribution in [0.15, 0.2) is 0 Å². The highest BCUT2D eigenvalue weighted by molar-refractivity contribution is 5.79. The molecule has 2 nitrogen and oxygen atoms in total. The third-order valence-electron chi connectivity index (χ3n) is 3.20. The third kappa shape index (κ3) is 2.26. The van der Waals surface area contributed by atoms with Gasteiger partial charge in [0, 0.05) is 25.3 Å². The molecule has 1 heterocycles. The van der Waals surface area contributed by atoms with Crippen molar-refractivity contribution in [3.8, 4) is 0 Å². The molecule has 0 N–H and O–H groups in total. The Morgan fingerprint density at radius 3 is 2.53 bits per heavy atom. The Balaban J connectivity index is 1.92. The summed E-state index contributed by atoms with van der Waals surface area (Å²) >= 11 is 0. The zero-order valence-electron chi connectivity index (χ0n) is 8.39. The van der Waals surface area contributed by atoms with Crippen molar-refractivity contribution in [1.29, 1.82) is 0 Å². The van der Waals surface area contributed by atoms with Gasteiger partial charge >= 0.3 is 0 Å². The van der Waals surface area contributed by atoms with Crippen molar-refractivity contribution in [3.63, 3.8) is 0 Å². The molecule has 0 radical (unpaired) electrons. The van der Waals surface area contributed by atoms with E-state index in [1.54, 1.807) is 0 Å². The van der Waals surface area contributed by atoms with Crippen LogP contribution in [0.25, 0.3) is 0 Å². The number of hydrogen-bond donors (Lipinski definition) is 0. The van der Waals surface area contributed by atoms with Gasteiger partial charge in [-0.25, -0.2) is 13.2 Å². The van der Waals surface area contributed by atoms with Crippen molar-refractivity contribution < 1.29 is 18.0 Å². The lowest BCUT2D eigenvalue weighted by Gasteiger charge is -2.19. The van der Waals surface area contributed by atoms with Gasteiger partial charge in [0.25, 0.3) is 0 Å². The minimum atomic E-state index is -2.70. The molecule has 2 atom stereocenters. The molecule has 15 heavy (non-hydrogen) atoms. The molecule has 0 aromatic rings. The van der Waals surface area contributed by atoms with Crippen molar-refractivity contribution in [2.45, 2.75) is 37.8 Å². The number of rotatable bonds is 1. The van der Waals surface area contributed by atoms with Gasteiger partial charge in [-0.2, -0.15) is 0 Å². The Labute approximate surface area is 86.4 Å². The molecule has 1 aliphatic heterocycles. The minimum Gasteiger partial charge on any atom is -0.339 e. The Morgan fingerprint density at radius 1 is 1.33 bits per heavy atom. The SMILES string of the molecule is O=C(C1CCC(F)(F)C1)N1CC[C@@H](F)C1. The predicted octanol–water partition coefficient (Wildman–Crippen LogP) is 1.99. The molecule has 0 aromatic heterocycles. The normalized spacial score (nSPS) is 34.7. The molecule has 0 bridgehead atoms. The van der Waals surface area contributed by atoms with Gasteiger partial charge in [0.1, 0.15) is 6.17 Å². The number of carbonyl (C=O) groups excluding carboxylic acids is 1. The van der Waals surface area contributed by atoms with Gasteiger partial charge in [-0.15, -0.1) is 0 Å². The van der Waals surface area contributed by atoms with Crippen LogP contribution in [-0.2, 0) is 4.79 Å². The molecule has 1 amide bonds. The molecule has 5 heteroatoms. The standard InChI is InChI=1S/C10H14F3NO/c11-8-2-4-14(6-8)9(15)7-1-3-10(12,13)5-7/h7-8H,1-6H2/t7?,8-/m1/s1. The lowest BCUT2D eigenvalue weighted by atomic mass is 10.1. The first-order chi connectivity index (χ1) is 6.98. The highest BCUT2D eigenvalue weighted by atomic mass is 19.3. The molecule has 0 spiro atoms. The van der Waals surface area contributed by atoms with Crippen LogP contribution < -0.4 is 0 Å². The van der Waals surface area contributed by atoms with Crippen LogP contribution in [0.4, 0.5) is 13.2 Å². The zero-order chi connectivity index (χ0) is 11.1. The zero-order valence-corrected chi connectivity index (χ0v) is 8.39. The number of amides is 1. The summed E-state index contributed by atoms with van der Waals surface area (Å²) in [5.41, 5.74) is 0. The lowest BCUT2D eigenvalue weighted by molar-refractivity contribution is -0.135. The van der Waals surface area contributed by atoms with Crippen molar-refractivity contribution in [2.75, 3.05) is 13.1 Å². The summed E-state index contributed by atoms with van der Waals surface area (Å²) in [5.74, 6) is -3.58. The van der Waals surface area contributed by atoms with Gasteiger partial charge in [-0.05, 0) is 12.8 Å². The highest BCUT2D eigenvalue weighted by Gasteiger charge is 2.44. The summed E-state index contributed by atoms with van der Waals surface area (Å²) in [7, 11) is 0. The number of nitrogens with zero attached hydrogens (tertiary/aromatic N) is 1. The van der Waals surface area contributed by atoms with Crippen LogP contribution in [0.2, 0.25) is 0 Å². The summed E-state index contributed by atoms with van der Waals surface area (Å²) in [6.07, 6.45) is -0.972. The van der Waals surface area contributed by atoms with E-state index in [4.69, 9.17) is 0 Å². The van der Waals surface area contributed by atoms with Crippen LogP contribution >= 0.6 is 0 Å². The van der Waals surface area contributed by atoms with E-state index in [1.165, 1.54) is 4.90 Å². The van der Waals surface area contributed by atoms with E-state index in [1.807, 2.05) is 0 Å². The van der Waals surface area contributed by atoms with Crippen molar-refractivity contribution >= 4 is 5.91 Å². The lowest BCUT2D eigenvalue weighted by Crippen LogP contribution is -2.34. The van der Waals surface area contributed by atoms with Crippen molar-refractivity contribution in [3.05, 3.63) is 0 Å². The van der Waals surface area contributed by atoms with Gasteiger partial charge in [-0.3, -0.25) is 4.79 Å². The minimum absolute atomic E-state index is 0.0842. The second kappa shape index (κ2) is 3.68. The summed E-state index contributed by atoms with van der Waals surface area (Å²) in [4.78, 5) is 13.1. The topological polar surface area (TPSA) is 20.3 Å². The Kier molecular flexibility index (Phi) is 2.64. The average Bonchev–Trinajstić information content (AvgIpc) is 2.71. The van der Waals surface area contributed by atoms with E-state index in [0.29, 0.717) is 13.0 Å². The van der Waals surface area contributed by atoms with Crippen LogP contribution in [0.5, 0.6) is 0 Å². The Morgan fingerprint density at radius 2 is 2.07 bits per heavy atom. The Hall–Kier alpha value is -0.740. The molecule has 0 aromatic carbocycles. The largest absolute Gasteiger partial charge is 0.339 e. The number of alkyl halides is 3. The summed E-state index contributed by atoms with van der Waals surface area (Å²) < 4.78 is 38.6. The quantitative estimate of drug-likeness (QED) is 0.663. The fraction of sp³-hybridized carbons (Fsp3) is 0.900. The highest BCUT2D eigenvalue weighted by Crippen LogP contribution is 2.39. The molecular formula is C10H14F3NO. The van der Waals surface area contributed by atoms with E-state index in [2.05, 4.69) is 0 Å². The number of halogens is 3. The average molecular weight is 221 g/mol. The predicted molar refractivity (Wildman–Crippen MR) is 48.4 cm³/mol. The molecule has 86 valence electrons. The van der Waals surface area contributed by atoms with Crippen LogP contribution in [-0.4, -0.2) is 36.0 Å². The summed E-state index contributed by atoms with van der Waals surface area (Å²) in [5, 5.41) is 0. The van der Waals surface area contributed by atoms with Gasteiger partial charge in [0.2, 0.25) is 11.8 Å². The number of carbonyl (C=O) groups is 1. The molecule has 1 saturated heterocycles. The fourth-order valence-corrected chi connectivity index (χ4v) is 2.34. The van der Waals surface area contributed by atoms with E-state index in [-0.39, 0.29) is 31.7 Å². The smallest absolute Gasteiger partial charge is 0.248 e. The van der Waals surface area contributed by atoms with Crippen LogP contribution in [0, 0.1) is 5.92 Å². The molecule has 2 fully saturated rings. The first kappa shape index (κ1) is 10.8. The summed E-state index contributed by atoms with van der Waals surface area (Å²) in [6.45, 7) is 0.461. The molecular weight excluding hydrogens is 207 g/mol. The number of hydrogen-bond acceptors (Lipinski definition) is 1. The first-order valence-electron chi connectivity index (χ1n) is 5.29. The van der Waals surface area contributed by atoms with Crippen LogP contribution in [0.1, 0.15) is 25.7 Å². The molecule has 2 rings (SSSR count). The second-order valence-corrected chi connectivity index (χ2v) is 4.47. The van der Waals surface area contributed by atoms with Crippen molar-refractivity contribution in [2.24, 2.45) is 5.92 Å². The van der Waals surface area contributed by atoms with E-state index in [9.17, 15) is 18.0 Å². The van der Waals surface area contributed by atoms with Gasteiger partial charge < -0.3 is 4.90 Å². The van der Waals surface area contributed by atoms with Gasteiger partial charge in [-0.1, -0.05) is 0 Å². The maximum Gasteiger partial charge on any atom is 0.248 e. The van der Waals surface area contributed by atoms with E-state index >= 15 is 0 Å².